The van der Waals surface area contributed by atoms with E-state index in [9.17, 15) is 46.7 Å². The Morgan fingerprint density at radius 2 is 1.68 bits per heavy atom. The van der Waals surface area contributed by atoms with Crippen molar-refractivity contribution >= 4 is 41.4 Å². The first-order valence-electron chi connectivity index (χ1n) is 19.7. The van der Waals surface area contributed by atoms with Crippen LogP contribution in [0.25, 0.3) is 0 Å². The zero-order valence-electron chi connectivity index (χ0n) is 31.9. The monoisotopic (exact) mass is 804 g/mol. The van der Waals surface area contributed by atoms with E-state index in [4.69, 9.17) is 4.74 Å². The van der Waals surface area contributed by atoms with Crippen molar-refractivity contribution in [2.24, 2.45) is 17.8 Å². The molecule has 0 bridgehead atoms. The Morgan fingerprint density at radius 1 is 0.947 bits per heavy atom. The highest BCUT2D eigenvalue weighted by molar-refractivity contribution is 5.98. The van der Waals surface area contributed by atoms with Crippen molar-refractivity contribution in [3.8, 4) is 0 Å². The summed E-state index contributed by atoms with van der Waals surface area (Å²) in [5.41, 5.74) is -0.0174. The molecule has 7 atom stereocenters. The Morgan fingerprint density at radius 3 is 2.32 bits per heavy atom. The van der Waals surface area contributed by atoms with E-state index in [1.807, 2.05) is 0 Å². The molecule has 16 nitrogen and oxygen atoms in total. The number of rotatable bonds is 17. The minimum Gasteiger partial charge on any atom is -0.443 e. The summed E-state index contributed by atoms with van der Waals surface area (Å²) in [6.07, 6.45) is 4.80. The second-order valence-corrected chi connectivity index (χ2v) is 15.3. The number of carbonyl (C=O) groups excluding carboxylic acids is 7. The fourth-order valence-electron chi connectivity index (χ4n) is 8.19. The lowest BCUT2D eigenvalue weighted by atomic mass is 9.83. The molecule has 5 N–H and O–H groups in total. The van der Waals surface area contributed by atoms with Gasteiger partial charge in [0, 0.05) is 31.5 Å². The van der Waals surface area contributed by atoms with E-state index in [-0.39, 0.29) is 48.9 Å². The maximum atomic E-state index is 14.6. The first kappa shape index (κ1) is 43.0. The third-order valence-electron chi connectivity index (χ3n) is 11.1. The summed E-state index contributed by atoms with van der Waals surface area (Å²) in [4.78, 5) is 103. The van der Waals surface area contributed by atoms with E-state index >= 15 is 0 Å². The van der Waals surface area contributed by atoms with Crippen molar-refractivity contribution in [1.29, 1.82) is 0 Å². The van der Waals surface area contributed by atoms with Gasteiger partial charge in [0.2, 0.25) is 23.6 Å². The fourth-order valence-corrected chi connectivity index (χ4v) is 8.19. The van der Waals surface area contributed by atoms with Crippen molar-refractivity contribution in [3.05, 3.63) is 36.9 Å². The summed E-state index contributed by atoms with van der Waals surface area (Å²) in [5.74, 6) is -7.80. The molecular weight excluding hydrogens is 753 g/mol. The van der Waals surface area contributed by atoms with Gasteiger partial charge in [-0.15, -0.1) is 0 Å². The van der Waals surface area contributed by atoms with Crippen molar-refractivity contribution in [2.75, 3.05) is 13.1 Å². The standard InChI is InChI=1S/C38H51F3N8O8/c1-3-9-25(31(35(54)45-23-14-15-23)57-37(56)38(39,40)41)46-34(53)30-24-13-8-12-22(24)20-49(30)36(55)27(19-44-28(50)4-2)47-33(52)29(21-10-6-5-7-11-21)48-32(51)26-18-42-16-17-43-26/h4,16-18,21-25,27,29-31H,2-3,5-15,19-20H2,1H3,(H,44,50)(H,45,54)(H,46,53)(H,47,52)(H,48,51)/t22-,24-,25-,27-,29-,30?,31?/m0/s1. The molecule has 0 spiro atoms. The molecule has 4 aliphatic rings. The third-order valence-corrected chi connectivity index (χ3v) is 11.1. The molecular formula is C38H51F3N8O8. The molecule has 1 aliphatic heterocycles. The minimum atomic E-state index is -5.40. The van der Waals surface area contributed by atoms with Crippen molar-refractivity contribution in [2.45, 2.75) is 126 Å². The van der Waals surface area contributed by atoms with Crippen molar-refractivity contribution in [1.82, 2.24) is 41.5 Å². The number of hydrogen-bond acceptors (Lipinski definition) is 10. The molecule has 3 saturated carbocycles. The zero-order chi connectivity index (χ0) is 41.3. The van der Waals surface area contributed by atoms with Gasteiger partial charge in [0.25, 0.3) is 11.8 Å². The maximum Gasteiger partial charge on any atom is 0.490 e. The van der Waals surface area contributed by atoms with Gasteiger partial charge >= 0.3 is 12.1 Å². The number of alkyl halides is 3. The average Bonchev–Trinajstić information content (AvgIpc) is 3.76. The van der Waals surface area contributed by atoms with Crippen LogP contribution in [0.4, 0.5) is 13.2 Å². The van der Waals surface area contributed by atoms with Crippen LogP contribution in [0.2, 0.25) is 0 Å². The molecule has 0 aromatic carbocycles. The molecule has 1 aromatic rings. The topological polar surface area (TPSA) is 218 Å². The van der Waals surface area contributed by atoms with Gasteiger partial charge in [0.1, 0.15) is 23.8 Å². The number of ether oxygens (including phenoxy) is 1. The Hall–Kier alpha value is -5.10. The number of aromatic nitrogens is 2. The molecule has 5 rings (SSSR count). The molecule has 2 unspecified atom stereocenters. The van der Waals surface area contributed by atoms with Gasteiger partial charge < -0.3 is 36.2 Å². The highest BCUT2D eigenvalue weighted by Gasteiger charge is 2.52. The van der Waals surface area contributed by atoms with Gasteiger partial charge in [-0.3, -0.25) is 33.8 Å². The lowest BCUT2D eigenvalue weighted by molar-refractivity contribution is -0.206. The third kappa shape index (κ3) is 11.3. The van der Waals surface area contributed by atoms with Crippen LogP contribution in [-0.4, -0.2) is 112 Å². The Bertz CT molecular complexity index is 1660. The molecule has 0 radical (unpaired) electrons. The first-order valence-corrected chi connectivity index (χ1v) is 19.7. The summed E-state index contributed by atoms with van der Waals surface area (Å²) < 4.78 is 44.8. The number of amides is 6. The summed E-state index contributed by atoms with van der Waals surface area (Å²) in [6.45, 7) is 4.82. The molecule has 1 saturated heterocycles. The number of likely N-dealkylation sites (tertiary alicyclic amines) is 1. The zero-order valence-corrected chi connectivity index (χ0v) is 31.9. The lowest BCUT2D eigenvalue weighted by Crippen LogP contribution is -2.62. The van der Waals surface area contributed by atoms with E-state index in [0.717, 1.165) is 31.8 Å². The SMILES string of the molecule is C=CC(=O)NC[C@H](NC(=O)[C@@H](NC(=O)c1cnccn1)C1CCCCC1)C(=O)N1C[C@@H]2CCC[C@@H]2C1C(=O)N[C@@H](CCC)C(OC(=O)C(F)(F)F)C(=O)NC1CC1. The van der Waals surface area contributed by atoms with Crippen LogP contribution >= 0.6 is 0 Å². The van der Waals surface area contributed by atoms with E-state index in [1.54, 1.807) is 6.92 Å². The van der Waals surface area contributed by atoms with E-state index in [0.29, 0.717) is 38.5 Å². The van der Waals surface area contributed by atoms with Crippen molar-refractivity contribution < 1.29 is 51.5 Å². The van der Waals surface area contributed by atoms with E-state index < -0.39 is 84.4 Å². The second-order valence-electron chi connectivity index (χ2n) is 15.3. The predicted molar refractivity (Wildman–Crippen MR) is 195 cm³/mol. The summed E-state index contributed by atoms with van der Waals surface area (Å²) in [5, 5.41) is 13.2. The predicted octanol–water partition coefficient (Wildman–Crippen LogP) is 1.61. The molecule has 19 heteroatoms. The van der Waals surface area contributed by atoms with Crippen molar-refractivity contribution in [3.63, 3.8) is 0 Å². The van der Waals surface area contributed by atoms with Crippen LogP contribution < -0.4 is 26.6 Å². The van der Waals surface area contributed by atoms with Gasteiger partial charge in [-0.1, -0.05) is 45.6 Å². The average molecular weight is 805 g/mol. The Kier molecular flexibility index (Phi) is 14.6. The maximum absolute atomic E-state index is 14.6. The number of fused-ring (bicyclic) bond motifs is 1. The van der Waals surface area contributed by atoms with Crippen LogP contribution in [0.3, 0.4) is 0 Å². The highest BCUT2D eigenvalue weighted by Crippen LogP contribution is 2.42. The lowest BCUT2D eigenvalue weighted by Gasteiger charge is -2.34. The van der Waals surface area contributed by atoms with Gasteiger partial charge in [0.15, 0.2) is 6.10 Å². The molecule has 1 aromatic heterocycles. The Labute approximate surface area is 328 Å². The van der Waals surface area contributed by atoms with E-state index in [1.165, 1.54) is 23.5 Å². The number of nitrogens with one attached hydrogen (secondary N) is 5. The smallest absolute Gasteiger partial charge is 0.443 e. The van der Waals surface area contributed by atoms with Crippen LogP contribution in [0.1, 0.15) is 94.5 Å². The van der Waals surface area contributed by atoms with Gasteiger partial charge in [-0.2, -0.15) is 13.2 Å². The molecule has 312 valence electrons. The largest absolute Gasteiger partial charge is 0.490 e. The number of carbonyl (C=O) groups is 7. The van der Waals surface area contributed by atoms with Gasteiger partial charge in [-0.05, 0) is 68.8 Å². The minimum absolute atomic E-state index is 0.0174. The fraction of sp³-hybridized carbons (Fsp3) is 0.658. The van der Waals surface area contributed by atoms with Gasteiger partial charge in [-0.25, -0.2) is 9.78 Å². The van der Waals surface area contributed by atoms with Crippen LogP contribution in [0.5, 0.6) is 0 Å². The normalized spacial score (nSPS) is 22.8. The number of esters is 1. The molecule has 4 fully saturated rings. The molecule has 6 amide bonds. The molecule has 57 heavy (non-hydrogen) atoms. The van der Waals surface area contributed by atoms with Crippen LogP contribution in [0.15, 0.2) is 31.2 Å². The second kappa shape index (κ2) is 19.4. The van der Waals surface area contributed by atoms with Crippen LogP contribution in [0, 0.1) is 17.8 Å². The quantitative estimate of drug-likeness (QED) is 0.113. The summed E-state index contributed by atoms with van der Waals surface area (Å²) in [6, 6.07) is -5.35. The van der Waals surface area contributed by atoms with Gasteiger partial charge in [0.05, 0.1) is 12.2 Å². The highest BCUT2D eigenvalue weighted by atomic mass is 19.4. The van der Waals surface area contributed by atoms with E-state index in [2.05, 4.69) is 43.1 Å². The number of nitrogens with zero attached hydrogens (tertiary/aromatic N) is 3. The summed E-state index contributed by atoms with van der Waals surface area (Å²) >= 11 is 0. The molecule has 2 heterocycles. The molecule has 3 aliphatic carbocycles. The first-order chi connectivity index (χ1) is 27.2. The summed E-state index contributed by atoms with van der Waals surface area (Å²) in [7, 11) is 0. The Balaban J connectivity index is 1.40. The number of hydrogen-bond donors (Lipinski definition) is 5. The number of halogens is 3. The van der Waals surface area contributed by atoms with Crippen LogP contribution in [-0.2, 0) is 33.5 Å².